The molecule has 0 aromatic heterocycles. The molecule has 6 atom stereocenters. The molecular weight excluding hydrogens is 240 g/mol. The third-order valence-corrected chi connectivity index (χ3v) is 6.81. The molecule has 0 saturated heterocycles. The average Bonchev–Trinajstić information content (AvgIpc) is 2.33. The lowest BCUT2D eigenvalue weighted by molar-refractivity contribution is -0.0123. The molecule has 0 aromatic carbocycles. The van der Waals surface area contributed by atoms with Crippen molar-refractivity contribution < 1.29 is 0 Å². The summed E-state index contributed by atoms with van der Waals surface area (Å²) in [7, 11) is 0. The second-order valence-corrected chi connectivity index (χ2v) is 8.60. The van der Waals surface area contributed by atoms with E-state index in [2.05, 4.69) is 62.3 Å². The number of rotatable bonds is 7. The predicted molar refractivity (Wildman–Crippen MR) is 91.7 cm³/mol. The van der Waals surface area contributed by atoms with Crippen molar-refractivity contribution in [3.8, 4) is 0 Å². The average molecular weight is 281 g/mol. The molecule has 1 fully saturated rings. The standard InChI is InChI=1S/C20H40/c1-10-18-11-14(6)20(18)17(9)15(7)16(8)19(12(2)3)13(4)5/h12-20H,10-11H2,1-9H3. The van der Waals surface area contributed by atoms with E-state index in [0.717, 1.165) is 53.3 Å². The highest BCUT2D eigenvalue weighted by Gasteiger charge is 2.43. The van der Waals surface area contributed by atoms with Gasteiger partial charge in [0.1, 0.15) is 0 Å². The maximum absolute atomic E-state index is 2.54. The molecule has 0 heteroatoms. The zero-order valence-corrected chi connectivity index (χ0v) is 15.6. The van der Waals surface area contributed by atoms with Crippen molar-refractivity contribution in [1.82, 2.24) is 0 Å². The van der Waals surface area contributed by atoms with Crippen LogP contribution in [0.4, 0.5) is 0 Å². The Labute approximate surface area is 129 Å². The summed E-state index contributed by atoms with van der Waals surface area (Å²) in [5, 5.41) is 0. The molecule has 0 bridgehead atoms. The first-order chi connectivity index (χ1) is 9.22. The minimum absolute atomic E-state index is 0.806. The third kappa shape index (κ3) is 3.60. The molecule has 20 heavy (non-hydrogen) atoms. The predicted octanol–water partition coefficient (Wildman–Crippen LogP) is 6.51. The lowest BCUT2D eigenvalue weighted by Gasteiger charge is -2.50. The molecule has 0 heterocycles. The molecule has 0 amide bonds. The Morgan fingerprint density at radius 1 is 0.850 bits per heavy atom. The van der Waals surface area contributed by atoms with Crippen molar-refractivity contribution in [3.05, 3.63) is 0 Å². The topological polar surface area (TPSA) is 0 Å². The van der Waals surface area contributed by atoms with E-state index < -0.39 is 0 Å². The van der Waals surface area contributed by atoms with Crippen LogP contribution < -0.4 is 0 Å². The second-order valence-electron chi connectivity index (χ2n) is 8.60. The molecule has 6 unspecified atom stereocenters. The summed E-state index contributed by atoms with van der Waals surface area (Å²) in [5.41, 5.74) is 0. The van der Waals surface area contributed by atoms with Crippen LogP contribution in [0.15, 0.2) is 0 Å². The summed E-state index contributed by atoms with van der Waals surface area (Å²) in [6, 6.07) is 0. The fourth-order valence-corrected chi connectivity index (χ4v) is 5.61. The van der Waals surface area contributed by atoms with Gasteiger partial charge in [-0.05, 0) is 59.7 Å². The maximum atomic E-state index is 2.54. The molecule has 120 valence electrons. The van der Waals surface area contributed by atoms with Crippen molar-refractivity contribution in [2.24, 2.45) is 53.3 Å². The van der Waals surface area contributed by atoms with Crippen LogP contribution in [0.25, 0.3) is 0 Å². The van der Waals surface area contributed by atoms with Gasteiger partial charge in [0.2, 0.25) is 0 Å². The van der Waals surface area contributed by atoms with E-state index in [1.807, 2.05) is 0 Å². The molecule has 0 aliphatic heterocycles. The van der Waals surface area contributed by atoms with Crippen LogP contribution in [-0.2, 0) is 0 Å². The Kier molecular flexibility index (Phi) is 6.61. The Morgan fingerprint density at radius 2 is 1.35 bits per heavy atom. The SMILES string of the molecule is CCC1CC(C)C1C(C)C(C)C(C)C(C(C)C)C(C)C. The van der Waals surface area contributed by atoms with Crippen LogP contribution in [0.1, 0.15) is 75.2 Å². The van der Waals surface area contributed by atoms with Gasteiger partial charge in [-0.25, -0.2) is 0 Å². The van der Waals surface area contributed by atoms with Crippen LogP contribution >= 0.6 is 0 Å². The first-order valence-electron chi connectivity index (χ1n) is 9.22. The highest BCUT2D eigenvalue weighted by Crippen LogP contribution is 2.50. The minimum atomic E-state index is 0.806. The monoisotopic (exact) mass is 280 g/mol. The zero-order valence-electron chi connectivity index (χ0n) is 15.6. The van der Waals surface area contributed by atoms with Crippen LogP contribution in [0.3, 0.4) is 0 Å². The summed E-state index contributed by atoms with van der Waals surface area (Å²) in [6.45, 7) is 22.1. The van der Waals surface area contributed by atoms with E-state index >= 15 is 0 Å². The number of hydrogen-bond acceptors (Lipinski definition) is 0. The van der Waals surface area contributed by atoms with E-state index in [4.69, 9.17) is 0 Å². The third-order valence-electron chi connectivity index (χ3n) is 6.81. The maximum Gasteiger partial charge on any atom is -0.0332 e. The lowest BCUT2D eigenvalue weighted by atomic mass is 9.55. The van der Waals surface area contributed by atoms with Gasteiger partial charge >= 0.3 is 0 Å². The molecule has 1 aliphatic rings. The zero-order chi connectivity index (χ0) is 15.6. The Balaban J connectivity index is 2.74. The molecule has 0 spiro atoms. The van der Waals surface area contributed by atoms with Gasteiger partial charge in [0, 0.05) is 0 Å². The van der Waals surface area contributed by atoms with Gasteiger partial charge < -0.3 is 0 Å². The molecule has 1 rings (SSSR count). The van der Waals surface area contributed by atoms with Gasteiger partial charge in [0.25, 0.3) is 0 Å². The van der Waals surface area contributed by atoms with Gasteiger partial charge in [0.05, 0.1) is 0 Å². The quantitative estimate of drug-likeness (QED) is 0.499. The summed E-state index contributed by atoms with van der Waals surface area (Å²) >= 11 is 0. The largest absolute Gasteiger partial charge is 0.0651 e. The fourth-order valence-electron chi connectivity index (χ4n) is 5.61. The number of hydrogen-bond donors (Lipinski definition) is 0. The highest BCUT2D eigenvalue weighted by molar-refractivity contribution is 4.92. The van der Waals surface area contributed by atoms with Crippen molar-refractivity contribution in [3.63, 3.8) is 0 Å². The smallest absolute Gasteiger partial charge is 0.0332 e. The van der Waals surface area contributed by atoms with E-state index in [-0.39, 0.29) is 0 Å². The highest BCUT2D eigenvalue weighted by atomic mass is 14.5. The van der Waals surface area contributed by atoms with E-state index in [0.29, 0.717) is 0 Å². The summed E-state index contributed by atoms with van der Waals surface area (Å²) < 4.78 is 0. The van der Waals surface area contributed by atoms with Crippen molar-refractivity contribution in [2.75, 3.05) is 0 Å². The lowest BCUT2D eigenvalue weighted by Crippen LogP contribution is -2.43. The summed E-state index contributed by atoms with van der Waals surface area (Å²) in [4.78, 5) is 0. The van der Waals surface area contributed by atoms with Crippen molar-refractivity contribution in [2.45, 2.75) is 75.2 Å². The first kappa shape index (κ1) is 18.1. The summed E-state index contributed by atoms with van der Waals surface area (Å²) in [5.74, 6) is 8.01. The normalized spacial score (nSPS) is 31.5. The van der Waals surface area contributed by atoms with Gasteiger partial charge in [-0.3, -0.25) is 0 Å². The van der Waals surface area contributed by atoms with Crippen molar-refractivity contribution in [1.29, 1.82) is 0 Å². The van der Waals surface area contributed by atoms with Gasteiger partial charge in [-0.2, -0.15) is 0 Å². The first-order valence-corrected chi connectivity index (χ1v) is 9.22. The molecule has 0 aromatic rings. The second kappa shape index (κ2) is 7.32. The van der Waals surface area contributed by atoms with Crippen molar-refractivity contribution >= 4 is 0 Å². The fraction of sp³-hybridized carbons (Fsp3) is 1.00. The van der Waals surface area contributed by atoms with Gasteiger partial charge in [-0.15, -0.1) is 0 Å². The summed E-state index contributed by atoms with van der Waals surface area (Å²) in [6.07, 6.45) is 2.86. The van der Waals surface area contributed by atoms with Crippen LogP contribution in [0.2, 0.25) is 0 Å². The molecule has 0 N–H and O–H groups in total. The van der Waals surface area contributed by atoms with E-state index in [9.17, 15) is 0 Å². The van der Waals surface area contributed by atoms with Gasteiger partial charge in [0.15, 0.2) is 0 Å². The molecular formula is C20H40. The van der Waals surface area contributed by atoms with E-state index in [1.165, 1.54) is 12.8 Å². The molecule has 0 radical (unpaired) electrons. The minimum Gasteiger partial charge on any atom is -0.0651 e. The Morgan fingerprint density at radius 3 is 1.70 bits per heavy atom. The Hall–Kier alpha value is 0. The molecule has 1 saturated carbocycles. The molecule has 0 nitrogen and oxygen atoms in total. The van der Waals surface area contributed by atoms with Crippen LogP contribution in [0, 0.1) is 53.3 Å². The van der Waals surface area contributed by atoms with Gasteiger partial charge in [-0.1, -0.05) is 68.7 Å². The van der Waals surface area contributed by atoms with Crippen LogP contribution in [0.5, 0.6) is 0 Å². The Bertz CT molecular complexity index is 270. The molecule has 1 aliphatic carbocycles. The van der Waals surface area contributed by atoms with Crippen LogP contribution in [-0.4, -0.2) is 0 Å². The van der Waals surface area contributed by atoms with E-state index in [1.54, 1.807) is 0 Å².